The molecule has 1 N–H and O–H groups in total. The van der Waals surface area contributed by atoms with Gasteiger partial charge in [-0.25, -0.2) is 4.98 Å². The third kappa shape index (κ3) is 3.46. The topological polar surface area (TPSA) is 72.0 Å². The Labute approximate surface area is 165 Å². The Bertz CT molecular complexity index is 1190. The SMILES string of the molecule is CC(=O)c1ccc(O[C@H](C)c2nc3scc(-c4ccccc4)c3c(=O)[nH]2)cc1. The number of aromatic amines is 1. The van der Waals surface area contributed by atoms with Crippen molar-refractivity contribution in [1.82, 2.24) is 9.97 Å². The number of benzene rings is 2. The van der Waals surface area contributed by atoms with Crippen LogP contribution in [0.25, 0.3) is 21.3 Å². The molecule has 0 aliphatic carbocycles. The summed E-state index contributed by atoms with van der Waals surface area (Å²) in [6, 6.07) is 16.7. The molecule has 2 aromatic heterocycles. The molecule has 0 fully saturated rings. The smallest absolute Gasteiger partial charge is 0.260 e. The number of Topliss-reactive ketones (excluding diaryl/α,β-unsaturated/α-hetero) is 1. The summed E-state index contributed by atoms with van der Waals surface area (Å²) < 4.78 is 5.89. The normalized spacial score (nSPS) is 12.1. The molecule has 0 amide bonds. The van der Waals surface area contributed by atoms with Gasteiger partial charge in [0.25, 0.3) is 5.56 Å². The molecule has 4 aromatic rings. The van der Waals surface area contributed by atoms with E-state index in [0.29, 0.717) is 27.4 Å². The van der Waals surface area contributed by atoms with Gasteiger partial charge in [-0.2, -0.15) is 0 Å². The van der Waals surface area contributed by atoms with Gasteiger partial charge in [-0.1, -0.05) is 30.3 Å². The average Bonchev–Trinajstić information content (AvgIpc) is 3.14. The van der Waals surface area contributed by atoms with Crippen LogP contribution >= 0.6 is 11.3 Å². The Morgan fingerprint density at radius 2 is 1.82 bits per heavy atom. The lowest BCUT2D eigenvalue weighted by Crippen LogP contribution is -2.16. The molecule has 0 aliphatic heterocycles. The Balaban J connectivity index is 1.64. The molecule has 0 radical (unpaired) electrons. The summed E-state index contributed by atoms with van der Waals surface area (Å²) >= 11 is 1.44. The van der Waals surface area contributed by atoms with Crippen molar-refractivity contribution in [2.24, 2.45) is 0 Å². The maximum Gasteiger partial charge on any atom is 0.260 e. The van der Waals surface area contributed by atoms with Gasteiger partial charge in [0.2, 0.25) is 0 Å². The van der Waals surface area contributed by atoms with E-state index in [4.69, 9.17) is 4.74 Å². The van der Waals surface area contributed by atoms with Crippen molar-refractivity contribution in [3.8, 4) is 16.9 Å². The number of ether oxygens (including phenoxy) is 1. The van der Waals surface area contributed by atoms with Gasteiger partial charge >= 0.3 is 0 Å². The predicted octanol–water partition coefficient (Wildman–Crippen LogP) is 4.99. The van der Waals surface area contributed by atoms with Crippen LogP contribution in [-0.4, -0.2) is 15.8 Å². The lowest BCUT2D eigenvalue weighted by Gasteiger charge is -2.14. The first-order valence-electron chi connectivity index (χ1n) is 8.87. The second kappa shape index (κ2) is 7.40. The van der Waals surface area contributed by atoms with Gasteiger partial charge in [0.15, 0.2) is 17.7 Å². The molecule has 0 spiro atoms. The van der Waals surface area contributed by atoms with E-state index in [2.05, 4.69) is 9.97 Å². The minimum atomic E-state index is -0.442. The van der Waals surface area contributed by atoms with Crippen LogP contribution in [0.15, 0.2) is 64.8 Å². The average molecular weight is 390 g/mol. The van der Waals surface area contributed by atoms with Gasteiger partial charge in [-0.05, 0) is 43.7 Å². The van der Waals surface area contributed by atoms with Gasteiger partial charge in [-0.15, -0.1) is 11.3 Å². The van der Waals surface area contributed by atoms with Crippen LogP contribution in [0.5, 0.6) is 5.75 Å². The van der Waals surface area contributed by atoms with Crippen molar-refractivity contribution in [3.63, 3.8) is 0 Å². The van der Waals surface area contributed by atoms with Crippen molar-refractivity contribution >= 4 is 27.3 Å². The molecule has 2 heterocycles. The van der Waals surface area contributed by atoms with Crippen LogP contribution in [0.3, 0.4) is 0 Å². The van der Waals surface area contributed by atoms with Crippen molar-refractivity contribution in [1.29, 1.82) is 0 Å². The van der Waals surface area contributed by atoms with E-state index in [9.17, 15) is 9.59 Å². The van der Waals surface area contributed by atoms with Gasteiger partial charge in [0, 0.05) is 16.5 Å². The van der Waals surface area contributed by atoms with Crippen molar-refractivity contribution in [2.75, 3.05) is 0 Å². The number of hydrogen-bond donors (Lipinski definition) is 1. The molecule has 0 unspecified atom stereocenters. The highest BCUT2D eigenvalue weighted by Crippen LogP contribution is 2.31. The lowest BCUT2D eigenvalue weighted by molar-refractivity contribution is 0.101. The van der Waals surface area contributed by atoms with E-state index in [0.717, 1.165) is 11.1 Å². The van der Waals surface area contributed by atoms with E-state index in [1.54, 1.807) is 24.3 Å². The van der Waals surface area contributed by atoms with Gasteiger partial charge in [0.1, 0.15) is 10.6 Å². The van der Waals surface area contributed by atoms with Gasteiger partial charge in [-0.3, -0.25) is 9.59 Å². The number of rotatable bonds is 5. The molecule has 0 saturated heterocycles. The predicted molar refractivity (Wildman–Crippen MR) is 111 cm³/mol. The Hall–Kier alpha value is -3.25. The molecule has 28 heavy (non-hydrogen) atoms. The number of carbonyl (C=O) groups is 1. The fourth-order valence-corrected chi connectivity index (χ4v) is 3.97. The van der Waals surface area contributed by atoms with E-state index in [-0.39, 0.29) is 11.3 Å². The Morgan fingerprint density at radius 3 is 2.50 bits per heavy atom. The van der Waals surface area contributed by atoms with Gasteiger partial charge in [0.05, 0.1) is 5.39 Å². The number of H-pyrrole nitrogens is 1. The molecule has 0 saturated carbocycles. The Morgan fingerprint density at radius 1 is 1.11 bits per heavy atom. The molecule has 0 aliphatic rings. The van der Waals surface area contributed by atoms with E-state index < -0.39 is 6.10 Å². The molecular weight excluding hydrogens is 372 g/mol. The molecule has 4 rings (SSSR count). The molecule has 5 nitrogen and oxygen atoms in total. The van der Waals surface area contributed by atoms with E-state index >= 15 is 0 Å². The maximum absolute atomic E-state index is 12.7. The summed E-state index contributed by atoms with van der Waals surface area (Å²) in [6.45, 7) is 3.35. The zero-order valence-electron chi connectivity index (χ0n) is 15.4. The second-order valence-corrected chi connectivity index (χ2v) is 7.35. The Kier molecular flexibility index (Phi) is 4.79. The van der Waals surface area contributed by atoms with Crippen molar-refractivity contribution in [3.05, 3.63) is 81.7 Å². The molecule has 140 valence electrons. The number of thiophene rings is 1. The highest BCUT2D eigenvalue weighted by atomic mass is 32.1. The highest BCUT2D eigenvalue weighted by molar-refractivity contribution is 7.17. The fourth-order valence-electron chi connectivity index (χ4n) is 3.02. The number of nitrogens with one attached hydrogen (secondary N) is 1. The van der Waals surface area contributed by atoms with Crippen LogP contribution in [-0.2, 0) is 0 Å². The summed E-state index contributed by atoms with van der Waals surface area (Å²) in [6.07, 6.45) is -0.442. The molecule has 0 bridgehead atoms. The number of ketones is 1. The number of carbonyl (C=O) groups excluding carboxylic acids is 1. The van der Waals surface area contributed by atoms with Crippen LogP contribution in [0.4, 0.5) is 0 Å². The summed E-state index contributed by atoms with van der Waals surface area (Å²) in [4.78, 5) is 32.3. The van der Waals surface area contributed by atoms with Gasteiger partial charge < -0.3 is 9.72 Å². The highest BCUT2D eigenvalue weighted by Gasteiger charge is 2.17. The largest absolute Gasteiger partial charge is 0.483 e. The summed E-state index contributed by atoms with van der Waals surface area (Å²) in [7, 11) is 0. The third-order valence-corrected chi connectivity index (χ3v) is 5.38. The summed E-state index contributed by atoms with van der Waals surface area (Å²) in [5, 5.41) is 2.55. The summed E-state index contributed by atoms with van der Waals surface area (Å²) in [5.41, 5.74) is 2.32. The van der Waals surface area contributed by atoms with Crippen LogP contribution in [0.1, 0.15) is 36.1 Å². The fraction of sp³-hybridized carbons (Fsp3) is 0.136. The number of nitrogens with zero attached hydrogens (tertiary/aromatic N) is 1. The first-order valence-corrected chi connectivity index (χ1v) is 9.75. The monoisotopic (exact) mass is 390 g/mol. The van der Waals surface area contributed by atoms with E-state index in [1.807, 2.05) is 42.6 Å². The minimum absolute atomic E-state index is 0.00274. The standard InChI is InChI=1S/C22H18N2O3S/c1-13(25)15-8-10-17(11-9-15)27-14(2)20-23-21(26)19-18(12-28-22(19)24-20)16-6-4-3-5-7-16/h3-12,14H,1-2H3,(H,23,24,26)/t14-/m1/s1. The second-order valence-electron chi connectivity index (χ2n) is 6.49. The number of aromatic nitrogens is 2. The van der Waals surface area contributed by atoms with Crippen LogP contribution in [0.2, 0.25) is 0 Å². The molecule has 1 atom stereocenters. The van der Waals surface area contributed by atoms with Crippen LogP contribution in [0, 0.1) is 0 Å². The molecule has 6 heteroatoms. The summed E-state index contributed by atoms with van der Waals surface area (Å²) in [5.74, 6) is 1.08. The lowest BCUT2D eigenvalue weighted by atomic mass is 10.1. The maximum atomic E-state index is 12.7. The third-order valence-electron chi connectivity index (χ3n) is 4.51. The minimum Gasteiger partial charge on any atom is -0.483 e. The zero-order valence-corrected chi connectivity index (χ0v) is 16.2. The quantitative estimate of drug-likeness (QED) is 0.487. The number of fused-ring (bicyclic) bond motifs is 1. The van der Waals surface area contributed by atoms with Crippen LogP contribution < -0.4 is 10.3 Å². The molecule has 2 aromatic carbocycles. The van der Waals surface area contributed by atoms with Crippen molar-refractivity contribution < 1.29 is 9.53 Å². The number of hydrogen-bond acceptors (Lipinski definition) is 5. The molecular formula is C22H18N2O3S. The zero-order chi connectivity index (χ0) is 19.7. The van der Waals surface area contributed by atoms with Crippen molar-refractivity contribution in [2.45, 2.75) is 20.0 Å². The first-order chi connectivity index (χ1) is 13.5. The van der Waals surface area contributed by atoms with E-state index in [1.165, 1.54) is 18.3 Å². The first kappa shape index (κ1) is 18.1.